The van der Waals surface area contributed by atoms with Crippen LogP contribution in [0, 0.1) is 0 Å². The first-order valence-corrected chi connectivity index (χ1v) is 3.88. The standard InChI is InChI=1S/C10H12O2/c1-8(10(11)12-2)9-6-4-3-5-7-9/h3-8H,1-2H3/t8-/m0/s1/i2+1. The highest BCUT2D eigenvalue weighted by Crippen LogP contribution is 2.15. The molecule has 0 spiro atoms. The Morgan fingerprint density at radius 1 is 1.33 bits per heavy atom. The second-order valence-corrected chi connectivity index (χ2v) is 2.66. The smallest absolute Gasteiger partial charge is 0.312 e. The molecule has 0 saturated carbocycles. The number of rotatable bonds is 2. The van der Waals surface area contributed by atoms with E-state index in [2.05, 4.69) is 4.74 Å². The fraction of sp³-hybridized carbons (Fsp3) is 0.300. The van der Waals surface area contributed by atoms with Gasteiger partial charge in [-0.3, -0.25) is 4.79 Å². The highest BCUT2D eigenvalue weighted by Gasteiger charge is 2.14. The molecule has 64 valence electrons. The number of benzene rings is 1. The lowest BCUT2D eigenvalue weighted by atomic mass is 10.0. The number of methoxy groups -OCH3 is 1. The van der Waals surface area contributed by atoms with E-state index in [1.807, 2.05) is 37.3 Å². The van der Waals surface area contributed by atoms with Crippen molar-refractivity contribution in [3.05, 3.63) is 35.9 Å². The maximum absolute atomic E-state index is 11.1. The highest BCUT2D eigenvalue weighted by atomic mass is 16.6. The molecule has 0 fully saturated rings. The molecule has 0 saturated heterocycles. The Kier molecular flexibility index (Phi) is 2.86. The van der Waals surface area contributed by atoms with Crippen molar-refractivity contribution in [2.24, 2.45) is 0 Å². The summed E-state index contributed by atoms with van der Waals surface area (Å²) in [5, 5.41) is 0. The van der Waals surface area contributed by atoms with Crippen LogP contribution in [-0.4, -0.2) is 13.1 Å². The summed E-state index contributed by atoms with van der Waals surface area (Å²) in [4.78, 5) is 11.1. The number of carbonyl (C=O) groups is 1. The van der Waals surface area contributed by atoms with Crippen molar-refractivity contribution < 1.29 is 9.53 Å². The van der Waals surface area contributed by atoms with Crippen LogP contribution in [0.5, 0.6) is 0 Å². The molecule has 0 aliphatic heterocycles. The number of hydrogen-bond donors (Lipinski definition) is 0. The Hall–Kier alpha value is -1.31. The van der Waals surface area contributed by atoms with E-state index in [1.54, 1.807) is 0 Å². The molecular weight excluding hydrogens is 153 g/mol. The van der Waals surface area contributed by atoms with Gasteiger partial charge in [0, 0.05) is 0 Å². The van der Waals surface area contributed by atoms with E-state index in [1.165, 1.54) is 7.11 Å². The molecule has 1 rings (SSSR count). The van der Waals surface area contributed by atoms with Crippen LogP contribution in [0.25, 0.3) is 0 Å². The van der Waals surface area contributed by atoms with Crippen LogP contribution in [0.3, 0.4) is 0 Å². The lowest BCUT2D eigenvalue weighted by molar-refractivity contribution is -0.141. The predicted octanol–water partition coefficient (Wildman–Crippen LogP) is 1.96. The van der Waals surface area contributed by atoms with Crippen molar-refractivity contribution in [3.63, 3.8) is 0 Å². The Morgan fingerprint density at radius 3 is 2.42 bits per heavy atom. The van der Waals surface area contributed by atoms with Crippen molar-refractivity contribution >= 4 is 5.97 Å². The van der Waals surface area contributed by atoms with Gasteiger partial charge in [-0.15, -0.1) is 0 Å². The van der Waals surface area contributed by atoms with E-state index in [0.717, 1.165) is 5.56 Å². The van der Waals surface area contributed by atoms with Crippen molar-refractivity contribution in [2.75, 3.05) is 7.11 Å². The first-order chi connectivity index (χ1) is 5.75. The van der Waals surface area contributed by atoms with Crippen molar-refractivity contribution in [3.8, 4) is 0 Å². The summed E-state index contributed by atoms with van der Waals surface area (Å²) < 4.78 is 4.63. The van der Waals surface area contributed by atoms with Gasteiger partial charge in [-0.05, 0) is 12.5 Å². The molecule has 1 aromatic rings. The predicted molar refractivity (Wildman–Crippen MR) is 46.9 cm³/mol. The molecule has 0 aliphatic rings. The van der Waals surface area contributed by atoms with E-state index in [0.29, 0.717) is 0 Å². The summed E-state index contributed by atoms with van der Waals surface area (Å²) in [6, 6.07) is 9.58. The molecule has 1 atom stereocenters. The summed E-state index contributed by atoms with van der Waals surface area (Å²) in [6.45, 7) is 1.83. The van der Waals surface area contributed by atoms with Crippen LogP contribution in [0.2, 0.25) is 0 Å². The lowest BCUT2D eigenvalue weighted by Gasteiger charge is -2.08. The topological polar surface area (TPSA) is 26.3 Å². The molecule has 0 amide bonds. The average molecular weight is 165 g/mol. The molecule has 0 bridgehead atoms. The zero-order valence-electron chi connectivity index (χ0n) is 7.28. The van der Waals surface area contributed by atoms with Gasteiger partial charge in [-0.25, -0.2) is 0 Å². The summed E-state index contributed by atoms with van der Waals surface area (Å²) in [5.74, 6) is -0.364. The van der Waals surface area contributed by atoms with Crippen molar-refractivity contribution in [1.29, 1.82) is 0 Å². The highest BCUT2D eigenvalue weighted by molar-refractivity contribution is 5.77. The molecule has 0 heterocycles. The summed E-state index contributed by atoms with van der Waals surface area (Å²) in [7, 11) is 1.40. The average Bonchev–Trinajstić information content (AvgIpc) is 2.17. The first kappa shape index (κ1) is 8.78. The van der Waals surface area contributed by atoms with Crippen LogP contribution >= 0.6 is 0 Å². The monoisotopic (exact) mass is 165 g/mol. The van der Waals surface area contributed by atoms with Gasteiger partial charge >= 0.3 is 5.97 Å². The van der Waals surface area contributed by atoms with Gasteiger partial charge in [0.2, 0.25) is 0 Å². The van der Waals surface area contributed by atoms with E-state index in [9.17, 15) is 4.79 Å². The third-order valence-electron chi connectivity index (χ3n) is 1.85. The van der Waals surface area contributed by atoms with Gasteiger partial charge in [0.15, 0.2) is 0 Å². The Morgan fingerprint density at radius 2 is 1.92 bits per heavy atom. The minimum Gasteiger partial charge on any atom is -0.469 e. The van der Waals surface area contributed by atoms with E-state index >= 15 is 0 Å². The lowest BCUT2D eigenvalue weighted by Crippen LogP contribution is -2.10. The summed E-state index contributed by atoms with van der Waals surface area (Å²) in [6.07, 6.45) is 0. The SMILES string of the molecule is C[C@H](C(=O)O[13CH3])c1ccccc1. The number of hydrogen-bond acceptors (Lipinski definition) is 2. The van der Waals surface area contributed by atoms with Gasteiger partial charge in [0.25, 0.3) is 0 Å². The normalized spacial score (nSPS) is 12.2. The van der Waals surface area contributed by atoms with Gasteiger partial charge in [0.1, 0.15) is 0 Å². The molecule has 0 unspecified atom stereocenters. The molecule has 0 N–H and O–H groups in total. The van der Waals surface area contributed by atoms with Gasteiger partial charge in [-0.1, -0.05) is 30.3 Å². The van der Waals surface area contributed by atoms with E-state index in [-0.39, 0.29) is 11.9 Å². The zero-order chi connectivity index (χ0) is 8.97. The molecule has 12 heavy (non-hydrogen) atoms. The quantitative estimate of drug-likeness (QED) is 0.494. The molecule has 2 heteroatoms. The summed E-state index contributed by atoms with van der Waals surface area (Å²) >= 11 is 0. The third-order valence-corrected chi connectivity index (χ3v) is 1.85. The van der Waals surface area contributed by atoms with Gasteiger partial charge in [0.05, 0.1) is 13.0 Å². The minimum absolute atomic E-state index is 0.170. The largest absolute Gasteiger partial charge is 0.469 e. The molecule has 2 nitrogen and oxygen atoms in total. The Bertz CT molecular complexity index is 254. The van der Waals surface area contributed by atoms with E-state index in [4.69, 9.17) is 0 Å². The second kappa shape index (κ2) is 3.90. The molecular formula is C10H12O2. The molecule has 0 radical (unpaired) electrons. The minimum atomic E-state index is -0.193. The third kappa shape index (κ3) is 1.84. The molecule has 0 aromatic heterocycles. The zero-order valence-corrected chi connectivity index (χ0v) is 7.28. The summed E-state index contributed by atoms with van der Waals surface area (Å²) in [5.41, 5.74) is 0.990. The molecule has 1 aromatic carbocycles. The van der Waals surface area contributed by atoms with Crippen LogP contribution in [0.1, 0.15) is 18.4 Å². The maximum Gasteiger partial charge on any atom is 0.312 e. The first-order valence-electron chi connectivity index (χ1n) is 3.88. The van der Waals surface area contributed by atoms with Crippen molar-refractivity contribution in [1.82, 2.24) is 0 Å². The number of ether oxygens (including phenoxy) is 1. The van der Waals surface area contributed by atoms with Crippen LogP contribution < -0.4 is 0 Å². The Labute approximate surface area is 72.2 Å². The van der Waals surface area contributed by atoms with Crippen LogP contribution in [-0.2, 0) is 9.53 Å². The van der Waals surface area contributed by atoms with E-state index < -0.39 is 0 Å². The van der Waals surface area contributed by atoms with Gasteiger partial charge < -0.3 is 4.74 Å². The van der Waals surface area contributed by atoms with Crippen LogP contribution in [0.4, 0.5) is 0 Å². The second-order valence-electron chi connectivity index (χ2n) is 2.66. The fourth-order valence-electron chi connectivity index (χ4n) is 1.05. The fourth-order valence-corrected chi connectivity index (χ4v) is 1.05. The van der Waals surface area contributed by atoms with Gasteiger partial charge in [-0.2, -0.15) is 0 Å². The maximum atomic E-state index is 11.1. The number of carbonyl (C=O) groups excluding carboxylic acids is 1. The Balaban J connectivity index is 2.78. The number of esters is 1. The van der Waals surface area contributed by atoms with Crippen LogP contribution in [0.15, 0.2) is 30.3 Å². The van der Waals surface area contributed by atoms with Crippen molar-refractivity contribution in [2.45, 2.75) is 12.8 Å². The molecule has 0 aliphatic carbocycles.